The second kappa shape index (κ2) is 10.4. The largest absolute Gasteiger partial charge is 0.480 e. The van der Waals surface area contributed by atoms with Gasteiger partial charge in [-0.3, -0.25) is 9.59 Å². The lowest BCUT2D eigenvalue weighted by molar-refractivity contribution is -0.143. The summed E-state index contributed by atoms with van der Waals surface area (Å²) in [6, 6.07) is 11.6. The third-order valence-electron chi connectivity index (χ3n) is 5.98. The van der Waals surface area contributed by atoms with E-state index in [1.54, 1.807) is 12.4 Å². The van der Waals surface area contributed by atoms with E-state index >= 15 is 0 Å². The number of para-hydroxylation sites is 2. The highest BCUT2D eigenvalue weighted by Crippen LogP contribution is 2.20. The number of fused-ring (bicyclic) bond motifs is 2. The lowest BCUT2D eigenvalue weighted by atomic mass is 10.0. The van der Waals surface area contributed by atoms with Crippen molar-refractivity contribution in [2.45, 2.75) is 31.0 Å². The molecule has 10 nitrogen and oxygen atoms in total. The predicted molar refractivity (Wildman–Crippen MR) is 131 cm³/mol. The molecule has 3 atom stereocenters. The second-order valence-electron chi connectivity index (χ2n) is 8.38. The van der Waals surface area contributed by atoms with Gasteiger partial charge in [0, 0.05) is 40.6 Å². The molecule has 0 bridgehead atoms. The summed E-state index contributed by atoms with van der Waals surface area (Å²) in [5, 5.41) is 25.3. The van der Waals surface area contributed by atoms with Gasteiger partial charge in [-0.15, -0.1) is 0 Å². The van der Waals surface area contributed by atoms with Crippen LogP contribution in [0, 0.1) is 0 Å². The van der Waals surface area contributed by atoms with Gasteiger partial charge in [0.05, 0.1) is 12.6 Å². The number of aliphatic hydroxyl groups excluding tert-OH is 1. The monoisotopic (exact) mass is 477 g/mol. The minimum absolute atomic E-state index is 0.0964. The van der Waals surface area contributed by atoms with Crippen molar-refractivity contribution < 1.29 is 24.6 Å². The molecule has 0 unspecified atom stereocenters. The van der Waals surface area contributed by atoms with Crippen LogP contribution in [0.3, 0.4) is 0 Å². The molecule has 2 aromatic carbocycles. The van der Waals surface area contributed by atoms with Crippen LogP contribution in [0.15, 0.2) is 60.9 Å². The summed E-state index contributed by atoms with van der Waals surface area (Å²) in [5.41, 5.74) is 9.61. The first-order valence-electron chi connectivity index (χ1n) is 11.2. The molecule has 4 aromatic rings. The molecule has 4 rings (SSSR count). The lowest BCUT2D eigenvalue weighted by Gasteiger charge is -2.22. The average Bonchev–Trinajstić information content (AvgIpc) is 3.46. The van der Waals surface area contributed by atoms with E-state index in [4.69, 9.17) is 5.73 Å². The molecule has 8 N–H and O–H groups in total. The molecule has 2 aromatic heterocycles. The van der Waals surface area contributed by atoms with Crippen LogP contribution in [-0.4, -0.2) is 62.7 Å². The van der Waals surface area contributed by atoms with E-state index in [9.17, 15) is 24.6 Å². The van der Waals surface area contributed by atoms with Gasteiger partial charge in [0.25, 0.3) is 0 Å². The van der Waals surface area contributed by atoms with Crippen LogP contribution in [0.4, 0.5) is 0 Å². The first kappa shape index (κ1) is 24.0. The Bertz CT molecular complexity index is 1360. The Hall–Kier alpha value is -4.15. The summed E-state index contributed by atoms with van der Waals surface area (Å²) in [4.78, 5) is 43.5. The smallest absolute Gasteiger partial charge is 0.328 e. The molecule has 0 aliphatic rings. The molecule has 0 fully saturated rings. The number of H-pyrrole nitrogens is 2. The van der Waals surface area contributed by atoms with Gasteiger partial charge in [0.2, 0.25) is 11.8 Å². The summed E-state index contributed by atoms with van der Waals surface area (Å²) >= 11 is 0. The van der Waals surface area contributed by atoms with Crippen molar-refractivity contribution in [2.75, 3.05) is 6.61 Å². The molecule has 35 heavy (non-hydrogen) atoms. The van der Waals surface area contributed by atoms with E-state index in [0.29, 0.717) is 0 Å². The Morgan fingerprint density at radius 1 is 0.800 bits per heavy atom. The van der Waals surface area contributed by atoms with Crippen LogP contribution in [0.1, 0.15) is 11.1 Å². The summed E-state index contributed by atoms with van der Waals surface area (Å²) in [6.45, 7) is -0.783. The van der Waals surface area contributed by atoms with Gasteiger partial charge in [0.1, 0.15) is 12.1 Å². The van der Waals surface area contributed by atoms with Crippen LogP contribution in [0.2, 0.25) is 0 Å². The summed E-state index contributed by atoms with van der Waals surface area (Å²) in [5.74, 6) is -2.66. The summed E-state index contributed by atoms with van der Waals surface area (Å²) in [6.07, 6.45) is 3.88. The number of rotatable bonds is 10. The van der Waals surface area contributed by atoms with E-state index in [1.165, 1.54) is 0 Å². The highest BCUT2D eigenvalue weighted by molar-refractivity contribution is 5.93. The number of hydrogen-bond acceptors (Lipinski definition) is 5. The molecular weight excluding hydrogens is 450 g/mol. The molecule has 182 valence electrons. The Labute approximate surface area is 200 Å². The zero-order valence-corrected chi connectivity index (χ0v) is 18.8. The van der Waals surface area contributed by atoms with Gasteiger partial charge >= 0.3 is 5.97 Å². The van der Waals surface area contributed by atoms with Gasteiger partial charge in [0.15, 0.2) is 0 Å². The summed E-state index contributed by atoms with van der Waals surface area (Å²) in [7, 11) is 0. The number of carboxylic acid groups (broad SMARTS) is 1. The quantitative estimate of drug-likeness (QED) is 0.178. The van der Waals surface area contributed by atoms with Crippen LogP contribution in [-0.2, 0) is 27.2 Å². The maximum absolute atomic E-state index is 13.0. The third-order valence-corrected chi connectivity index (χ3v) is 5.98. The highest BCUT2D eigenvalue weighted by Gasteiger charge is 2.29. The zero-order chi connectivity index (χ0) is 24.9. The van der Waals surface area contributed by atoms with E-state index < -0.39 is 42.5 Å². The minimum atomic E-state index is -1.50. The number of aliphatic carboxylic acids is 1. The van der Waals surface area contributed by atoms with Crippen molar-refractivity contribution in [3.8, 4) is 0 Å². The van der Waals surface area contributed by atoms with E-state index in [2.05, 4.69) is 20.6 Å². The predicted octanol–water partition coefficient (Wildman–Crippen LogP) is 0.808. The van der Waals surface area contributed by atoms with Crippen molar-refractivity contribution in [1.29, 1.82) is 0 Å². The number of amides is 2. The molecule has 0 spiro atoms. The van der Waals surface area contributed by atoms with Crippen LogP contribution >= 0.6 is 0 Å². The number of nitrogens with two attached hydrogens (primary N) is 1. The molecule has 2 amide bonds. The Kier molecular flexibility index (Phi) is 7.14. The van der Waals surface area contributed by atoms with E-state index in [1.807, 2.05) is 48.5 Å². The van der Waals surface area contributed by atoms with Gasteiger partial charge in [-0.1, -0.05) is 36.4 Å². The molecule has 10 heteroatoms. The number of carbonyl (C=O) groups is 3. The number of nitrogens with one attached hydrogen (secondary N) is 4. The van der Waals surface area contributed by atoms with E-state index in [-0.39, 0.29) is 12.8 Å². The van der Waals surface area contributed by atoms with Crippen molar-refractivity contribution in [3.05, 3.63) is 72.1 Å². The Balaban J connectivity index is 1.53. The number of hydrogen-bond donors (Lipinski definition) is 7. The number of aromatic nitrogens is 2. The number of aliphatic hydroxyl groups is 1. The topological polar surface area (TPSA) is 173 Å². The standard InChI is InChI=1S/C25H27N5O5/c26-18(9-14-11-27-19-7-3-1-5-16(14)19)23(32)29-21(24(33)30-22(13-31)25(34)35)10-15-12-28-20-8-4-2-6-17(15)20/h1-8,11-12,18,21-22,27-28,31H,9-10,13,26H2,(H,29,32)(H,30,33)(H,34,35)/t18-,21-,22-/m0/s1. The number of carboxylic acids is 1. The normalized spacial score (nSPS) is 13.9. The lowest BCUT2D eigenvalue weighted by Crippen LogP contribution is -2.56. The van der Waals surface area contributed by atoms with Gasteiger partial charge in [-0.25, -0.2) is 4.79 Å². The first-order valence-corrected chi connectivity index (χ1v) is 11.2. The van der Waals surface area contributed by atoms with Crippen molar-refractivity contribution >= 4 is 39.6 Å². The number of aromatic amines is 2. The average molecular weight is 478 g/mol. The van der Waals surface area contributed by atoms with Crippen molar-refractivity contribution in [3.63, 3.8) is 0 Å². The highest BCUT2D eigenvalue weighted by atomic mass is 16.4. The molecule has 0 radical (unpaired) electrons. The second-order valence-corrected chi connectivity index (χ2v) is 8.38. The fourth-order valence-corrected chi connectivity index (χ4v) is 4.10. The van der Waals surface area contributed by atoms with Crippen molar-refractivity contribution in [2.24, 2.45) is 5.73 Å². The van der Waals surface area contributed by atoms with Gasteiger partial charge in [-0.05, 0) is 29.7 Å². The third kappa shape index (κ3) is 5.34. The van der Waals surface area contributed by atoms with Crippen molar-refractivity contribution in [1.82, 2.24) is 20.6 Å². The van der Waals surface area contributed by atoms with E-state index in [0.717, 1.165) is 32.9 Å². The Morgan fingerprint density at radius 3 is 1.86 bits per heavy atom. The van der Waals surface area contributed by atoms with Gasteiger partial charge in [-0.2, -0.15) is 0 Å². The molecule has 2 heterocycles. The van der Waals surface area contributed by atoms with Crippen LogP contribution in [0.5, 0.6) is 0 Å². The van der Waals surface area contributed by atoms with Crippen LogP contribution < -0.4 is 16.4 Å². The first-order chi connectivity index (χ1) is 16.9. The minimum Gasteiger partial charge on any atom is -0.480 e. The molecule has 0 aliphatic carbocycles. The maximum atomic E-state index is 13.0. The van der Waals surface area contributed by atoms with Crippen LogP contribution in [0.25, 0.3) is 21.8 Å². The fourth-order valence-electron chi connectivity index (χ4n) is 4.10. The summed E-state index contributed by atoms with van der Waals surface area (Å²) < 4.78 is 0. The zero-order valence-electron chi connectivity index (χ0n) is 18.8. The molecule has 0 saturated heterocycles. The van der Waals surface area contributed by atoms with Gasteiger partial charge < -0.3 is 36.5 Å². The maximum Gasteiger partial charge on any atom is 0.328 e. The molecular formula is C25H27N5O5. The number of carbonyl (C=O) groups excluding carboxylic acids is 2. The Morgan fingerprint density at radius 2 is 1.31 bits per heavy atom. The molecule has 0 saturated carbocycles. The molecule has 0 aliphatic heterocycles. The fraction of sp³-hybridized carbons (Fsp3) is 0.240. The SMILES string of the molecule is N[C@@H](Cc1c[nH]c2ccccc12)C(=O)N[C@@H](Cc1c[nH]c2ccccc12)C(=O)N[C@@H](CO)C(=O)O. The number of benzene rings is 2.